The molecule has 0 aromatic heterocycles. The van der Waals surface area contributed by atoms with Gasteiger partial charge in [-0.3, -0.25) is 0 Å². The van der Waals surface area contributed by atoms with Gasteiger partial charge in [0.05, 0.1) is 11.1 Å². The number of phenols is 1. The van der Waals surface area contributed by atoms with Crippen LogP contribution in [0.2, 0.25) is 5.02 Å². The number of sulfonamides is 1. The van der Waals surface area contributed by atoms with E-state index < -0.39 is 10.0 Å². The van der Waals surface area contributed by atoms with Crippen molar-refractivity contribution in [1.82, 2.24) is 4.83 Å². The Morgan fingerprint density at radius 1 is 1.19 bits per heavy atom. The molecule has 0 spiro atoms. The first-order chi connectivity index (χ1) is 9.88. The summed E-state index contributed by atoms with van der Waals surface area (Å²) in [6.45, 7) is 1.87. The van der Waals surface area contributed by atoms with Gasteiger partial charge in [0.2, 0.25) is 0 Å². The third-order valence-corrected chi connectivity index (χ3v) is 4.17. The van der Waals surface area contributed by atoms with E-state index in [2.05, 4.69) is 9.93 Å². The number of hydrogen-bond donors (Lipinski definition) is 2. The first-order valence-electron chi connectivity index (χ1n) is 5.98. The number of hydrogen-bond acceptors (Lipinski definition) is 4. The van der Waals surface area contributed by atoms with Gasteiger partial charge in [0.25, 0.3) is 10.0 Å². The Balaban J connectivity index is 2.14. The van der Waals surface area contributed by atoms with Crippen molar-refractivity contribution in [2.45, 2.75) is 11.8 Å². The lowest BCUT2D eigenvalue weighted by Gasteiger charge is -2.04. The predicted molar refractivity (Wildman–Crippen MR) is 82.2 cm³/mol. The normalized spacial score (nSPS) is 11.7. The van der Waals surface area contributed by atoms with Gasteiger partial charge in [0.1, 0.15) is 5.75 Å². The lowest BCUT2D eigenvalue weighted by molar-refractivity contribution is 0.474. The molecule has 5 nitrogen and oxygen atoms in total. The summed E-state index contributed by atoms with van der Waals surface area (Å²) in [4.78, 5) is 2.20. The Hall–Kier alpha value is -2.05. The molecule has 0 amide bonds. The van der Waals surface area contributed by atoms with Crippen LogP contribution in [0, 0.1) is 6.92 Å². The molecule has 21 heavy (non-hydrogen) atoms. The zero-order valence-corrected chi connectivity index (χ0v) is 12.7. The summed E-state index contributed by atoms with van der Waals surface area (Å²) in [5.41, 5.74) is 1.31. The molecule has 110 valence electrons. The highest BCUT2D eigenvalue weighted by atomic mass is 35.5. The van der Waals surface area contributed by atoms with Gasteiger partial charge in [-0.25, -0.2) is 4.83 Å². The van der Waals surface area contributed by atoms with E-state index in [1.165, 1.54) is 30.5 Å². The van der Waals surface area contributed by atoms with Crippen molar-refractivity contribution in [2.24, 2.45) is 5.10 Å². The minimum absolute atomic E-state index is 0.0826. The summed E-state index contributed by atoms with van der Waals surface area (Å²) in [5, 5.41) is 13.6. The number of hydrazone groups is 1. The average molecular weight is 325 g/mol. The molecule has 2 rings (SSSR count). The van der Waals surface area contributed by atoms with Crippen molar-refractivity contribution in [1.29, 1.82) is 0 Å². The second-order valence-corrected chi connectivity index (χ2v) is 6.47. The van der Waals surface area contributed by atoms with Crippen molar-refractivity contribution in [3.05, 3.63) is 58.6 Å². The van der Waals surface area contributed by atoms with E-state index in [-0.39, 0.29) is 10.6 Å². The number of halogens is 1. The lowest BCUT2D eigenvalue weighted by Crippen LogP contribution is -2.18. The fourth-order valence-corrected chi connectivity index (χ4v) is 2.52. The molecular weight excluding hydrogens is 312 g/mol. The van der Waals surface area contributed by atoms with Crippen LogP contribution in [0.15, 0.2) is 52.5 Å². The van der Waals surface area contributed by atoms with Crippen LogP contribution < -0.4 is 4.83 Å². The van der Waals surface area contributed by atoms with E-state index in [9.17, 15) is 13.5 Å². The maximum absolute atomic E-state index is 12.0. The van der Waals surface area contributed by atoms with Crippen molar-refractivity contribution < 1.29 is 13.5 Å². The van der Waals surface area contributed by atoms with Gasteiger partial charge in [-0.1, -0.05) is 29.3 Å². The van der Waals surface area contributed by atoms with Crippen LogP contribution in [0.3, 0.4) is 0 Å². The highest BCUT2D eigenvalue weighted by Crippen LogP contribution is 2.20. The highest BCUT2D eigenvalue weighted by Gasteiger charge is 2.11. The summed E-state index contributed by atoms with van der Waals surface area (Å²) in [7, 11) is -3.72. The molecule has 0 radical (unpaired) electrons. The molecular formula is C14H13ClN2O3S. The van der Waals surface area contributed by atoms with Gasteiger partial charge in [-0.15, -0.1) is 0 Å². The van der Waals surface area contributed by atoms with E-state index in [1.54, 1.807) is 18.2 Å². The van der Waals surface area contributed by atoms with Crippen LogP contribution in [-0.4, -0.2) is 19.7 Å². The van der Waals surface area contributed by atoms with E-state index >= 15 is 0 Å². The molecule has 2 N–H and O–H groups in total. The quantitative estimate of drug-likeness (QED) is 0.670. The van der Waals surface area contributed by atoms with E-state index in [1.807, 2.05) is 6.92 Å². The molecule has 0 saturated heterocycles. The van der Waals surface area contributed by atoms with Gasteiger partial charge in [-0.2, -0.15) is 13.5 Å². The molecule has 2 aromatic carbocycles. The maximum Gasteiger partial charge on any atom is 0.276 e. The third kappa shape index (κ3) is 3.96. The lowest BCUT2D eigenvalue weighted by atomic mass is 10.2. The van der Waals surface area contributed by atoms with Crippen LogP contribution in [0.4, 0.5) is 0 Å². The predicted octanol–water partition coefficient (Wildman–Crippen LogP) is 2.67. The smallest absolute Gasteiger partial charge is 0.276 e. The van der Waals surface area contributed by atoms with Crippen LogP contribution in [-0.2, 0) is 10.0 Å². The minimum atomic E-state index is -3.72. The third-order valence-electron chi connectivity index (χ3n) is 2.70. The summed E-state index contributed by atoms with van der Waals surface area (Å²) in [6, 6.07) is 10.8. The highest BCUT2D eigenvalue weighted by molar-refractivity contribution is 7.89. The van der Waals surface area contributed by atoms with Crippen molar-refractivity contribution >= 4 is 27.8 Å². The first kappa shape index (κ1) is 15.3. The molecule has 0 aliphatic carbocycles. The second-order valence-electron chi connectivity index (χ2n) is 4.37. The number of nitrogens with one attached hydrogen (secondary N) is 1. The zero-order chi connectivity index (χ0) is 15.5. The fourth-order valence-electron chi connectivity index (χ4n) is 1.56. The van der Waals surface area contributed by atoms with E-state index in [0.29, 0.717) is 10.6 Å². The molecule has 0 aliphatic heterocycles. The topological polar surface area (TPSA) is 78.8 Å². The zero-order valence-electron chi connectivity index (χ0n) is 11.1. The van der Waals surface area contributed by atoms with Crippen LogP contribution in [0.1, 0.15) is 11.1 Å². The maximum atomic E-state index is 12.0. The number of nitrogens with zero attached hydrogens (tertiary/aromatic N) is 1. The number of aromatic hydroxyl groups is 1. The molecule has 7 heteroatoms. The molecule has 2 aromatic rings. The SMILES string of the molecule is Cc1ccc(S(=O)(=O)N/N=C/c2ccc(Cl)cc2O)cc1. The molecule has 0 atom stereocenters. The molecule has 0 saturated carbocycles. The van der Waals surface area contributed by atoms with E-state index in [4.69, 9.17) is 11.6 Å². The Labute approximate surface area is 127 Å². The van der Waals surface area contributed by atoms with Crippen molar-refractivity contribution in [2.75, 3.05) is 0 Å². The van der Waals surface area contributed by atoms with Crippen LogP contribution >= 0.6 is 11.6 Å². The van der Waals surface area contributed by atoms with Gasteiger partial charge in [-0.05, 0) is 37.3 Å². The van der Waals surface area contributed by atoms with Gasteiger partial charge < -0.3 is 5.11 Å². The number of benzene rings is 2. The molecule has 0 bridgehead atoms. The summed E-state index contributed by atoms with van der Waals surface area (Å²) >= 11 is 5.70. The Bertz CT molecular complexity index is 771. The van der Waals surface area contributed by atoms with Crippen LogP contribution in [0.5, 0.6) is 5.75 Å². The number of phenolic OH excluding ortho intramolecular Hbond substituents is 1. The minimum Gasteiger partial charge on any atom is -0.507 e. The summed E-state index contributed by atoms with van der Waals surface area (Å²) in [5.74, 6) is -0.0826. The second kappa shape index (κ2) is 6.15. The first-order valence-corrected chi connectivity index (χ1v) is 7.85. The standard InChI is InChI=1S/C14H13ClN2O3S/c1-10-2-6-13(7-3-10)21(19,20)17-16-9-11-4-5-12(15)8-14(11)18/h2-9,17-18H,1H3/b16-9+. The molecule has 0 fully saturated rings. The Kier molecular flexibility index (Phi) is 4.50. The molecule has 0 unspecified atom stereocenters. The van der Waals surface area contributed by atoms with Gasteiger partial charge in [0.15, 0.2) is 0 Å². The van der Waals surface area contributed by atoms with Gasteiger partial charge in [0, 0.05) is 10.6 Å². The van der Waals surface area contributed by atoms with Crippen molar-refractivity contribution in [3.8, 4) is 5.75 Å². The van der Waals surface area contributed by atoms with Crippen LogP contribution in [0.25, 0.3) is 0 Å². The van der Waals surface area contributed by atoms with Gasteiger partial charge >= 0.3 is 0 Å². The number of aryl methyl sites for hydroxylation is 1. The summed E-state index contributed by atoms with van der Waals surface area (Å²) < 4.78 is 23.9. The summed E-state index contributed by atoms with van der Waals surface area (Å²) in [6.07, 6.45) is 1.21. The molecule has 0 heterocycles. The Morgan fingerprint density at radius 3 is 2.48 bits per heavy atom. The van der Waals surface area contributed by atoms with E-state index in [0.717, 1.165) is 5.56 Å². The number of rotatable bonds is 4. The monoisotopic (exact) mass is 324 g/mol. The van der Waals surface area contributed by atoms with Crippen molar-refractivity contribution in [3.63, 3.8) is 0 Å². The average Bonchev–Trinajstić information content (AvgIpc) is 2.41. The molecule has 0 aliphatic rings. The largest absolute Gasteiger partial charge is 0.507 e. The fraction of sp³-hybridized carbons (Fsp3) is 0.0714. The Morgan fingerprint density at radius 2 is 1.86 bits per heavy atom.